The molecule has 1 N–H and O–H groups in total. The fourth-order valence-corrected chi connectivity index (χ4v) is 3.20. The second kappa shape index (κ2) is 6.21. The molecule has 0 saturated carbocycles. The van der Waals surface area contributed by atoms with Crippen molar-refractivity contribution in [3.8, 4) is 0 Å². The number of rotatable bonds is 6. The van der Waals surface area contributed by atoms with Crippen LogP contribution in [0.4, 0.5) is 0 Å². The zero-order chi connectivity index (χ0) is 14.7. The van der Waals surface area contributed by atoms with Crippen LogP contribution in [0.2, 0.25) is 0 Å². The Labute approximate surface area is 118 Å². The van der Waals surface area contributed by atoms with Crippen LogP contribution in [0.1, 0.15) is 20.3 Å². The molecule has 1 unspecified atom stereocenters. The van der Waals surface area contributed by atoms with Gasteiger partial charge in [-0.15, -0.1) is 0 Å². The summed E-state index contributed by atoms with van der Waals surface area (Å²) in [4.78, 5) is -0.116. The fourth-order valence-electron chi connectivity index (χ4n) is 1.26. The Morgan fingerprint density at radius 3 is 2.00 bits per heavy atom. The van der Waals surface area contributed by atoms with Crippen molar-refractivity contribution < 1.29 is 16.8 Å². The molecule has 1 atom stereocenters. The van der Waals surface area contributed by atoms with Crippen LogP contribution in [0.15, 0.2) is 34.1 Å². The molecule has 0 aromatic heterocycles. The van der Waals surface area contributed by atoms with E-state index in [0.717, 1.165) is 6.42 Å². The third kappa shape index (κ3) is 4.76. The van der Waals surface area contributed by atoms with Crippen molar-refractivity contribution in [1.82, 2.24) is 4.72 Å². The smallest absolute Gasteiger partial charge is 0.211 e. The molecule has 108 valence electrons. The number of halogens is 1. The van der Waals surface area contributed by atoms with Crippen molar-refractivity contribution in [2.75, 3.05) is 6.54 Å². The van der Waals surface area contributed by atoms with Crippen LogP contribution < -0.4 is 4.72 Å². The highest BCUT2D eigenvalue weighted by molar-refractivity contribution is 8.13. The molecule has 0 aliphatic carbocycles. The van der Waals surface area contributed by atoms with E-state index in [9.17, 15) is 16.8 Å². The second-order valence-corrected chi connectivity index (χ2v) is 8.61. The van der Waals surface area contributed by atoms with Crippen molar-refractivity contribution in [1.29, 1.82) is 0 Å². The number of nitrogens with one attached hydrogen (secondary N) is 1. The Morgan fingerprint density at radius 2 is 1.58 bits per heavy atom. The predicted octanol–water partition coefficient (Wildman–Crippen LogP) is 1.94. The molecule has 0 bridgehead atoms. The summed E-state index contributed by atoms with van der Waals surface area (Å²) in [6, 6.07) is 4.77. The minimum Gasteiger partial charge on any atom is -0.211 e. The van der Waals surface area contributed by atoms with Gasteiger partial charge in [0.2, 0.25) is 10.0 Å². The topological polar surface area (TPSA) is 80.3 Å². The Kier molecular flexibility index (Phi) is 5.37. The highest BCUT2D eigenvalue weighted by atomic mass is 35.7. The lowest BCUT2D eigenvalue weighted by molar-refractivity contribution is 0.528. The van der Waals surface area contributed by atoms with Gasteiger partial charge in [-0.1, -0.05) is 20.3 Å². The molecule has 0 aliphatic rings. The SMILES string of the molecule is CCC(C)CNS(=O)(=O)c1ccc(S(=O)(=O)Cl)cc1. The lowest BCUT2D eigenvalue weighted by atomic mass is 10.1. The quantitative estimate of drug-likeness (QED) is 0.810. The number of hydrogen-bond donors (Lipinski definition) is 1. The van der Waals surface area contributed by atoms with Gasteiger partial charge in [-0.25, -0.2) is 21.6 Å². The number of sulfonamides is 1. The van der Waals surface area contributed by atoms with Gasteiger partial charge < -0.3 is 0 Å². The lowest BCUT2D eigenvalue weighted by Crippen LogP contribution is -2.28. The molecule has 1 aromatic carbocycles. The van der Waals surface area contributed by atoms with Crippen molar-refractivity contribution >= 4 is 29.8 Å². The van der Waals surface area contributed by atoms with Gasteiger partial charge in [-0.05, 0) is 30.2 Å². The summed E-state index contributed by atoms with van der Waals surface area (Å²) in [5.41, 5.74) is 0. The molecule has 0 amide bonds. The first-order valence-corrected chi connectivity index (χ1v) is 9.50. The molecule has 5 nitrogen and oxygen atoms in total. The molecule has 19 heavy (non-hydrogen) atoms. The second-order valence-electron chi connectivity index (χ2n) is 4.27. The first kappa shape index (κ1) is 16.4. The molecule has 0 aliphatic heterocycles. The Balaban J connectivity index is 2.91. The van der Waals surface area contributed by atoms with Crippen LogP contribution in [0.3, 0.4) is 0 Å². The molecule has 0 spiro atoms. The highest BCUT2D eigenvalue weighted by Crippen LogP contribution is 2.17. The molecule has 1 aromatic rings. The Morgan fingerprint density at radius 1 is 1.11 bits per heavy atom. The molecule has 0 fully saturated rings. The van der Waals surface area contributed by atoms with Gasteiger partial charge in [0.05, 0.1) is 9.79 Å². The summed E-state index contributed by atoms with van der Waals surface area (Å²) in [7, 11) is -2.30. The minimum absolute atomic E-state index is 0.0138. The van der Waals surface area contributed by atoms with E-state index in [-0.39, 0.29) is 15.7 Å². The van der Waals surface area contributed by atoms with Crippen molar-refractivity contribution in [2.45, 2.75) is 30.1 Å². The van der Waals surface area contributed by atoms with Crippen LogP contribution >= 0.6 is 10.7 Å². The van der Waals surface area contributed by atoms with E-state index < -0.39 is 19.1 Å². The summed E-state index contributed by atoms with van der Waals surface area (Å²) in [6.45, 7) is 4.25. The van der Waals surface area contributed by atoms with Crippen LogP contribution in [0, 0.1) is 5.92 Å². The van der Waals surface area contributed by atoms with Gasteiger partial charge in [-0.3, -0.25) is 0 Å². The molecular formula is C11H16ClNO4S2. The van der Waals surface area contributed by atoms with Crippen LogP contribution in [-0.4, -0.2) is 23.4 Å². The average molecular weight is 326 g/mol. The first-order valence-electron chi connectivity index (χ1n) is 5.71. The summed E-state index contributed by atoms with van der Waals surface area (Å²) in [5.74, 6) is 0.234. The summed E-state index contributed by atoms with van der Waals surface area (Å²) in [6.07, 6.45) is 0.867. The van der Waals surface area contributed by atoms with Crippen molar-refractivity contribution in [3.05, 3.63) is 24.3 Å². The Bertz CT molecular complexity index is 623. The van der Waals surface area contributed by atoms with Gasteiger partial charge >= 0.3 is 0 Å². The highest BCUT2D eigenvalue weighted by Gasteiger charge is 2.16. The summed E-state index contributed by atoms with van der Waals surface area (Å²) >= 11 is 0. The normalized spacial score (nSPS) is 14.3. The van der Waals surface area contributed by atoms with E-state index in [1.807, 2.05) is 13.8 Å². The summed E-state index contributed by atoms with van der Waals surface area (Å²) in [5, 5.41) is 0. The predicted molar refractivity (Wildman–Crippen MR) is 74.1 cm³/mol. The zero-order valence-electron chi connectivity index (χ0n) is 10.6. The molecule has 0 heterocycles. The van der Waals surface area contributed by atoms with Gasteiger partial charge in [0.1, 0.15) is 0 Å². The fraction of sp³-hybridized carbons (Fsp3) is 0.455. The van der Waals surface area contributed by atoms with Crippen LogP contribution in [0.5, 0.6) is 0 Å². The van der Waals surface area contributed by atoms with E-state index in [0.29, 0.717) is 6.54 Å². The van der Waals surface area contributed by atoms with Gasteiger partial charge in [0.15, 0.2) is 0 Å². The molecule has 1 rings (SSSR count). The van der Waals surface area contributed by atoms with Crippen LogP contribution in [0.25, 0.3) is 0 Å². The maximum atomic E-state index is 11.9. The zero-order valence-corrected chi connectivity index (χ0v) is 13.0. The molecular weight excluding hydrogens is 310 g/mol. The standard InChI is InChI=1S/C11H16ClNO4S2/c1-3-9(2)8-13-19(16,17)11-6-4-10(5-7-11)18(12,14)15/h4-7,9,13H,3,8H2,1-2H3. The lowest BCUT2D eigenvalue weighted by Gasteiger charge is -2.11. The maximum Gasteiger partial charge on any atom is 0.261 e. The maximum absolute atomic E-state index is 11.9. The van der Waals surface area contributed by atoms with E-state index in [1.54, 1.807) is 0 Å². The minimum atomic E-state index is -3.84. The third-order valence-electron chi connectivity index (χ3n) is 2.73. The first-order chi connectivity index (χ1) is 8.66. The summed E-state index contributed by atoms with van der Waals surface area (Å²) < 4.78 is 48.4. The number of benzene rings is 1. The van der Waals surface area contributed by atoms with Gasteiger partial charge in [-0.2, -0.15) is 0 Å². The molecule has 0 radical (unpaired) electrons. The van der Waals surface area contributed by atoms with Gasteiger partial charge in [0.25, 0.3) is 9.05 Å². The van der Waals surface area contributed by atoms with E-state index in [1.165, 1.54) is 24.3 Å². The number of hydrogen-bond acceptors (Lipinski definition) is 4. The molecule has 8 heteroatoms. The van der Waals surface area contributed by atoms with E-state index >= 15 is 0 Å². The van der Waals surface area contributed by atoms with Gasteiger partial charge in [0, 0.05) is 17.2 Å². The van der Waals surface area contributed by atoms with Crippen LogP contribution in [-0.2, 0) is 19.1 Å². The average Bonchev–Trinajstić information content (AvgIpc) is 2.35. The largest absolute Gasteiger partial charge is 0.261 e. The van der Waals surface area contributed by atoms with E-state index in [2.05, 4.69) is 4.72 Å². The third-order valence-corrected chi connectivity index (χ3v) is 5.54. The van der Waals surface area contributed by atoms with E-state index in [4.69, 9.17) is 10.7 Å². The van der Waals surface area contributed by atoms with Crippen molar-refractivity contribution in [2.24, 2.45) is 5.92 Å². The molecule has 0 saturated heterocycles. The monoisotopic (exact) mass is 325 g/mol. The van der Waals surface area contributed by atoms with Crippen molar-refractivity contribution in [3.63, 3.8) is 0 Å². The Hall–Kier alpha value is -0.630.